The molecule has 0 aliphatic carbocycles. The standard InChI is InChI=1S/C24H23N5O2/c1-17-7-9-19(10-8-17)14-29-15-20(12-11-18-5-3-2-4-6-18)21(16-29)22(30)13-23(31)24-25-27-28-26-24/h2-10,13,15-16,31H,11-12,14H2,1H3,(H,25,26,27,28). The number of benzene rings is 2. The van der Waals surface area contributed by atoms with E-state index < -0.39 is 0 Å². The molecule has 0 unspecified atom stereocenters. The molecule has 7 nitrogen and oxygen atoms in total. The highest BCUT2D eigenvalue weighted by Gasteiger charge is 2.16. The van der Waals surface area contributed by atoms with Crippen LogP contribution < -0.4 is 0 Å². The van der Waals surface area contributed by atoms with Gasteiger partial charge in [0.25, 0.3) is 0 Å². The third kappa shape index (κ3) is 5.14. The number of nitrogens with zero attached hydrogens (tertiary/aromatic N) is 4. The zero-order valence-corrected chi connectivity index (χ0v) is 17.2. The van der Waals surface area contributed by atoms with E-state index in [4.69, 9.17) is 0 Å². The van der Waals surface area contributed by atoms with Gasteiger partial charge in [-0.2, -0.15) is 5.21 Å². The Balaban J connectivity index is 1.60. The molecule has 0 atom stereocenters. The molecule has 2 aromatic heterocycles. The Morgan fingerprint density at radius 1 is 1.03 bits per heavy atom. The number of aliphatic hydroxyl groups excluding tert-OH is 1. The molecular weight excluding hydrogens is 390 g/mol. The Hall–Kier alpha value is -4.00. The lowest BCUT2D eigenvalue weighted by Crippen LogP contribution is -2.01. The van der Waals surface area contributed by atoms with Gasteiger partial charge >= 0.3 is 0 Å². The molecule has 0 saturated heterocycles. The van der Waals surface area contributed by atoms with E-state index in [1.807, 2.05) is 35.2 Å². The van der Waals surface area contributed by atoms with Gasteiger partial charge in [0, 0.05) is 30.6 Å². The minimum Gasteiger partial charge on any atom is -0.504 e. The second kappa shape index (κ2) is 9.21. The number of nitrogens with one attached hydrogen (secondary N) is 1. The van der Waals surface area contributed by atoms with Crippen LogP contribution in [0.4, 0.5) is 0 Å². The monoisotopic (exact) mass is 413 g/mol. The summed E-state index contributed by atoms with van der Waals surface area (Å²) in [6.45, 7) is 2.72. The second-order valence-corrected chi connectivity index (χ2v) is 7.47. The number of ketones is 1. The fourth-order valence-corrected chi connectivity index (χ4v) is 3.43. The number of carbonyl (C=O) groups is 1. The average Bonchev–Trinajstić information content (AvgIpc) is 3.45. The normalized spacial score (nSPS) is 11.6. The molecule has 0 bridgehead atoms. The van der Waals surface area contributed by atoms with Crippen LogP contribution in [0.3, 0.4) is 0 Å². The van der Waals surface area contributed by atoms with Crippen molar-refractivity contribution < 1.29 is 9.90 Å². The Labute approximate surface area is 180 Å². The van der Waals surface area contributed by atoms with E-state index in [9.17, 15) is 9.90 Å². The lowest BCUT2D eigenvalue weighted by Gasteiger charge is -2.04. The topological polar surface area (TPSA) is 96.7 Å². The first-order valence-electron chi connectivity index (χ1n) is 10.1. The SMILES string of the molecule is Cc1ccc(Cn2cc(CCc3ccccc3)c(C(=O)C=C(O)c3nn[nH]n3)c2)cc1. The lowest BCUT2D eigenvalue weighted by molar-refractivity contribution is 0.104. The van der Waals surface area contributed by atoms with Crippen molar-refractivity contribution in [3.8, 4) is 0 Å². The number of hydrogen-bond donors (Lipinski definition) is 2. The van der Waals surface area contributed by atoms with Crippen LogP contribution in [-0.4, -0.2) is 36.1 Å². The summed E-state index contributed by atoms with van der Waals surface area (Å²) in [5, 5.41) is 23.2. The maximum Gasteiger partial charge on any atom is 0.239 e. The van der Waals surface area contributed by atoms with Crippen LogP contribution in [0.15, 0.2) is 73.1 Å². The third-order valence-electron chi connectivity index (χ3n) is 5.08. The number of H-pyrrole nitrogens is 1. The zero-order chi connectivity index (χ0) is 21.6. The van der Waals surface area contributed by atoms with Gasteiger partial charge in [-0.1, -0.05) is 60.2 Å². The lowest BCUT2D eigenvalue weighted by atomic mass is 10.0. The maximum atomic E-state index is 13.0. The predicted octanol–water partition coefficient (Wildman–Crippen LogP) is 3.92. The van der Waals surface area contributed by atoms with Crippen LogP contribution in [0.2, 0.25) is 0 Å². The van der Waals surface area contributed by atoms with Crippen molar-refractivity contribution in [1.82, 2.24) is 25.2 Å². The summed E-state index contributed by atoms with van der Waals surface area (Å²) in [6.07, 6.45) is 6.51. The average molecular weight is 413 g/mol. The second-order valence-electron chi connectivity index (χ2n) is 7.47. The smallest absolute Gasteiger partial charge is 0.239 e. The molecule has 2 N–H and O–H groups in total. The highest BCUT2D eigenvalue weighted by Crippen LogP contribution is 2.19. The highest BCUT2D eigenvalue weighted by molar-refractivity contribution is 6.08. The summed E-state index contributed by atoms with van der Waals surface area (Å²) in [5.74, 6) is -0.634. The van der Waals surface area contributed by atoms with Gasteiger partial charge in [0.15, 0.2) is 11.5 Å². The van der Waals surface area contributed by atoms with E-state index in [0.29, 0.717) is 18.5 Å². The molecule has 156 valence electrons. The van der Waals surface area contributed by atoms with Gasteiger partial charge < -0.3 is 9.67 Å². The molecule has 0 saturated carbocycles. The van der Waals surface area contributed by atoms with E-state index in [0.717, 1.165) is 23.6 Å². The van der Waals surface area contributed by atoms with E-state index in [1.165, 1.54) is 11.1 Å². The number of rotatable bonds is 8. The molecular formula is C24H23N5O2. The molecule has 0 aliphatic heterocycles. The Kier molecular flexibility index (Phi) is 6.03. The first-order chi connectivity index (χ1) is 15.1. The van der Waals surface area contributed by atoms with Crippen LogP contribution in [0.5, 0.6) is 0 Å². The van der Waals surface area contributed by atoms with Gasteiger partial charge in [-0.25, -0.2) is 0 Å². The quantitative estimate of drug-likeness (QED) is 0.259. The maximum absolute atomic E-state index is 13.0. The van der Waals surface area contributed by atoms with Crippen molar-refractivity contribution in [3.05, 3.63) is 107 Å². The van der Waals surface area contributed by atoms with Crippen LogP contribution >= 0.6 is 0 Å². The summed E-state index contributed by atoms with van der Waals surface area (Å²) < 4.78 is 2.01. The van der Waals surface area contributed by atoms with Crippen molar-refractivity contribution in [1.29, 1.82) is 0 Å². The van der Waals surface area contributed by atoms with Gasteiger partial charge in [0.1, 0.15) is 0 Å². The van der Waals surface area contributed by atoms with Gasteiger partial charge in [-0.15, -0.1) is 10.2 Å². The highest BCUT2D eigenvalue weighted by atomic mass is 16.3. The number of aromatic amines is 1. The summed E-state index contributed by atoms with van der Waals surface area (Å²) in [4.78, 5) is 13.0. The van der Waals surface area contributed by atoms with Gasteiger partial charge in [-0.3, -0.25) is 4.79 Å². The van der Waals surface area contributed by atoms with E-state index in [2.05, 4.69) is 63.9 Å². The molecule has 4 rings (SSSR count). The molecule has 2 aromatic carbocycles. The molecule has 0 spiro atoms. The fraction of sp³-hybridized carbons (Fsp3) is 0.167. The van der Waals surface area contributed by atoms with Gasteiger partial charge in [-0.05, 0) is 41.7 Å². The number of aryl methyl sites for hydroxylation is 3. The molecule has 0 fully saturated rings. The van der Waals surface area contributed by atoms with Gasteiger partial charge in [0.2, 0.25) is 5.82 Å². The Bertz CT molecular complexity index is 1180. The van der Waals surface area contributed by atoms with E-state index >= 15 is 0 Å². The van der Waals surface area contributed by atoms with Crippen molar-refractivity contribution in [2.75, 3.05) is 0 Å². The molecule has 7 heteroatoms. The largest absolute Gasteiger partial charge is 0.504 e. The molecule has 2 heterocycles. The van der Waals surface area contributed by atoms with Crippen LogP contribution in [0.25, 0.3) is 5.76 Å². The molecule has 4 aromatic rings. The Morgan fingerprint density at radius 2 is 1.81 bits per heavy atom. The summed E-state index contributed by atoms with van der Waals surface area (Å²) in [5.41, 5.74) is 5.05. The Morgan fingerprint density at radius 3 is 2.52 bits per heavy atom. The number of aliphatic hydroxyl groups is 1. The minimum atomic E-state index is -0.320. The molecule has 0 amide bonds. The van der Waals surface area contributed by atoms with Gasteiger partial charge in [0.05, 0.1) is 0 Å². The number of hydrogen-bond acceptors (Lipinski definition) is 5. The van der Waals surface area contributed by atoms with Crippen molar-refractivity contribution >= 4 is 11.5 Å². The number of carbonyl (C=O) groups excluding carboxylic acids is 1. The zero-order valence-electron chi connectivity index (χ0n) is 17.2. The van der Waals surface area contributed by atoms with Crippen molar-refractivity contribution in [3.63, 3.8) is 0 Å². The van der Waals surface area contributed by atoms with Crippen LogP contribution in [-0.2, 0) is 19.4 Å². The van der Waals surface area contributed by atoms with Crippen molar-refractivity contribution in [2.24, 2.45) is 0 Å². The minimum absolute atomic E-state index is 0.0155. The molecule has 0 radical (unpaired) electrons. The van der Waals surface area contributed by atoms with Crippen LogP contribution in [0, 0.1) is 6.92 Å². The number of tetrazole rings is 1. The first kappa shape index (κ1) is 20.3. The fourth-order valence-electron chi connectivity index (χ4n) is 3.43. The first-order valence-corrected chi connectivity index (χ1v) is 10.1. The van der Waals surface area contributed by atoms with Crippen molar-refractivity contribution in [2.45, 2.75) is 26.3 Å². The molecule has 0 aliphatic rings. The number of allylic oxidation sites excluding steroid dienone is 1. The number of aromatic nitrogens is 5. The summed E-state index contributed by atoms with van der Waals surface area (Å²) in [6, 6.07) is 18.5. The summed E-state index contributed by atoms with van der Waals surface area (Å²) in [7, 11) is 0. The van der Waals surface area contributed by atoms with Crippen LogP contribution in [0.1, 0.15) is 38.4 Å². The third-order valence-corrected chi connectivity index (χ3v) is 5.08. The summed E-state index contributed by atoms with van der Waals surface area (Å²) >= 11 is 0. The van der Waals surface area contributed by atoms with E-state index in [-0.39, 0.29) is 17.4 Å². The van der Waals surface area contributed by atoms with E-state index in [1.54, 1.807) is 0 Å². The predicted molar refractivity (Wildman–Crippen MR) is 118 cm³/mol. The molecule has 31 heavy (non-hydrogen) atoms.